The quantitative estimate of drug-likeness (QED) is 0.612. The molecular formula is C19H15N5O2. The van der Waals surface area contributed by atoms with E-state index in [9.17, 15) is 4.79 Å². The Balaban J connectivity index is 1.46. The van der Waals surface area contributed by atoms with Crippen LogP contribution in [-0.4, -0.2) is 25.6 Å². The Labute approximate surface area is 149 Å². The number of anilines is 1. The molecule has 0 saturated heterocycles. The molecule has 0 aliphatic rings. The van der Waals surface area contributed by atoms with Gasteiger partial charge in [0.15, 0.2) is 5.82 Å². The Morgan fingerprint density at radius 3 is 2.46 bits per heavy atom. The van der Waals surface area contributed by atoms with Crippen molar-refractivity contribution in [1.82, 2.24) is 19.7 Å². The van der Waals surface area contributed by atoms with Gasteiger partial charge >= 0.3 is 0 Å². The van der Waals surface area contributed by atoms with Crippen molar-refractivity contribution in [3.05, 3.63) is 78.6 Å². The molecular weight excluding hydrogens is 330 g/mol. The van der Waals surface area contributed by atoms with E-state index >= 15 is 0 Å². The number of benzene rings is 2. The van der Waals surface area contributed by atoms with Crippen molar-refractivity contribution in [2.45, 2.75) is 6.92 Å². The maximum Gasteiger partial charge on any atom is 0.257 e. The number of amides is 1. The van der Waals surface area contributed by atoms with Gasteiger partial charge < -0.3 is 14.4 Å². The second-order valence-corrected chi connectivity index (χ2v) is 5.70. The third-order valence-electron chi connectivity index (χ3n) is 3.85. The zero-order valence-electron chi connectivity index (χ0n) is 14.0. The van der Waals surface area contributed by atoms with E-state index in [1.54, 1.807) is 43.7 Å². The highest BCUT2D eigenvalue weighted by molar-refractivity contribution is 6.04. The van der Waals surface area contributed by atoms with Gasteiger partial charge in [-0.2, -0.15) is 4.98 Å². The average Bonchev–Trinajstić information content (AvgIpc) is 3.34. The standard InChI is InChI=1S/C19H15N5O2/c1-13-21-19(26-23-13)15-4-2-14(3-5-15)18(25)22-16-6-8-17(9-7-16)24-11-10-20-12-24/h2-12H,1H3,(H,22,25). The van der Waals surface area contributed by atoms with Crippen LogP contribution in [0.5, 0.6) is 0 Å². The van der Waals surface area contributed by atoms with E-state index in [2.05, 4.69) is 20.4 Å². The van der Waals surface area contributed by atoms with Gasteiger partial charge in [0.25, 0.3) is 11.8 Å². The first-order valence-electron chi connectivity index (χ1n) is 7.99. The first-order valence-corrected chi connectivity index (χ1v) is 7.99. The molecule has 2 aromatic heterocycles. The number of carbonyl (C=O) groups excluding carboxylic acids is 1. The highest BCUT2D eigenvalue weighted by Gasteiger charge is 2.10. The average molecular weight is 345 g/mol. The number of hydrogen-bond donors (Lipinski definition) is 1. The van der Waals surface area contributed by atoms with Gasteiger partial charge in [-0.3, -0.25) is 4.79 Å². The lowest BCUT2D eigenvalue weighted by atomic mass is 10.1. The van der Waals surface area contributed by atoms with Crippen LogP contribution in [0, 0.1) is 6.92 Å². The van der Waals surface area contributed by atoms with Crippen molar-refractivity contribution in [2.75, 3.05) is 5.32 Å². The Morgan fingerprint density at radius 1 is 1.08 bits per heavy atom. The SMILES string of the molecule is Cc1noc(-c2ccc(C(=O)Nc3ccc(-n4ccnc4)cc3)cc2)n1. The van der Waals surface area contributed by atoms with E-state index in [0.717, 1.165) is 16.9 Å². The Hall–Kier alpha value is -3.74. The predicted molar refractivity (Wildman–Crippen MR) is 96.0 cm³/mol. The van der Waals surface area contributed by atoms with Crippen LogP contribution in [0.3, 0.4) is 0 Å². The number of rotatable bonds is 4. The number of carbonyl (C=O) groups is 1. The lowest BCUT2D eigenvalue weighted by Crippen LogP contribution is -2.11. The van der Waals surface area contributed by atoms with Gasteiger partial charge in [0.2, 0.25) is 0 Å². The van der Waals surface area contributed by atoms with Gasteiger partial charge in [0.05, 0.1) is 6.33 Å². The van der Waals surface area contributed by atoms with Gasteiger partial charge in [0, 0.05) is 34.9 Å². The van der Waals surface area contributed by atoms with Crippen LogP contribution < -0.4 is 5.32 Å². The lowest BCUT2D eigenvalue weighted by molar-refractivity contribution is 0.102. The maximum absolute atomic E-state index is 12.4. The minimum absolute atomic E-state index is 0.186. The Bertz CT molecular complexity index is 1020. The molecule has 0 radical (unpaired) electrons. The van der Waals surface area contributed by atoms with Crippen LogP contribution in [0.4, 0.5) is 5.69 Å². The van der Waals surface area contributed by atoms with Crippen LogP contribution in [0.2, 0.25) is 0 Å². The second-order valence-electron chi connectivity index (χ2n) is 5.70. The van der Waals surface area contributed by atoms with Crippen LogP contribution in [0.25, 0.3) is 17.1 Å². The van der Waals surface area contributed by atoms with Gasteiger partial charge in [0.1, 0.15) is 0 Å². The van der Waals surface area contributed by atoms with Crippen molar-refractivity contribution in [2.24, 2.45) is 0 Å². The van der Waals surface area contributed by atoms with Gasteiger partial charge in [-0.25, -0.2) is 4.98 Å². The molecule has 0 saturated carbocycles. The molecule has 0 aliphatic heterocycles. The van der Waals surface area contributed by atoms with E-state index in [-0.39, 0.29) is 5.91 Å². The number of aromatic nitrogens is 4. The van der Waals surface area contributed by atoms with E-state index in [1.807, 2.05) is 35.0 Å². The zero-order chi connectivity index (χ0) is 17.9. The Kier molecular flexibility index (Phi) is 4.03. The fourth-order valence-electron chi connectivity index (χ4n) is 2.51. The highest BCUT2D eigenvalue weighted by Crippen LogP contribution is 2.19. The third-order valence-corrected chi connectivity index (χ3v) is 3.85. The molecule has 7 heteroatoms. The fourth-order valence-corrected chi connectivity index (χ4v) is 2.51. The molecule has 1 amide bonds. The molecule has 0 bridgehead atoms. The van der Waals surface area contributed by atoms with Crippen LogP contribution in [0.1, 0.15) is 16.2 Å². The van der Waals surface area contributed by atoms with Crippen molar-refractivity contribution < 1.29 is 9.32 Å². The molecule has 0 spiro atoms. The van der Waals surface area contributed by atoms with Gasteiger partial charge in [-0.1, -0.05) is 5.16 Å². The van der Waals surface area contributed by atoms with E-state index < -0.39 is 0 Å². The molecule has 0 unspecified atom stereocenters. The predicted octanol–water partition coefficient (Wildman–Crippen LogP) is 3.48. The summed E-state index contributed by atoms with van der Waals surface area (Å²) < 4.78 is 7.01. The molecule has 4 rings (SSSR count). The number of imidazole rings is 1. The lowest BCUT2D eigenvalue weighted by Gasteiger charge is -2.07. The monoisotopic (exact) mass is 345 g/mol. The zero-order valence-corrected chi connectivity index (χ0v) is 14.0. The highest BCUT2D eigenvalue weighted by atomic mass is 16.5. The van der Waals surface area contributed by atoms with E-state index in [4.69, 9.17) is 4.52 Å². The number of nitrogens with zero attached hydrogens (tertiary/aromatic N) is 4. The molecule has 26 heavy (non-hydrogen) atoms. The smallest absolute Gasteiger partial charge is 0.257 e. The van der Waals surface area contributed by atoms with Crippen molar-refractivity contribution in [1.29, 1.82) is 0 Å². The number of nitrogens with one attached hydrogen (secondary N) is 1. The Morgan fingerprint density at radius 2 is 1.85 bits per heavy atom. The summed E-state index contributed by atoms with van der Waals surface area (Å²) in [4.78, 5) is 20.6. The molecule has 128 valence electrons. The first-order chi connectivity index (χ1) is 12.7. The first kappa shape index (κ1) is 15.8. The van der Waals surface area contributed by atoms with Gasteiger partial charge in [-0.15, -0.1) is 0 Å². The summed E-state index contributed by atoms with van der Waals surface area (Å²) >= 11 is 0. The number of hydrogen-bond acceptors (Lipinski definition) is 5. The summed E-state index contributed by atoms with van der Waals surface area (Å²) in [6, 6.07) is 14.5. The summed E-state index contributed by atoms with van der Waals surface area (Å²) in [5.74, 6) is 0.819. The molecule has 0 fully saturated rings. The second kappa shape index (κ2) is 6.64. The molecule has 2 heterocycles. The number of aryl methyl sites for hydroxylation is 1. The van der Waals surface area contributed by atoms with E-state index in [1.165, 1.54) is 0 Å². The minimum Gasteiger partial charge on any atom is -0.334 e. The summed E-state index contributed by atoms with van der Waals surface area (Å²) in [5, 5.41) is 6.64. The maximum atomic E-state index is 12.4. The van der Waals surface area contributed by atoms with E-state index in [0.29, 0.717) is 17.3 Å². The van der Waals surface area contributed by atoms with Crippen molar-refractivity contribution in [3.8, 4) is 17.1 Å². The van der Waals surface area contributed by atoms with Crippen LogP contribution in [0.15, 0.2) is 71.8 Å². The summed E-state index contributed by atoms with van der Waals surface area (Å²) in [7, 11) is 0. The molecule has 4 aromatic rings. The molecule has 0 aliphatic carbocycles. The summed E-state index contributed by atoms with van der Waals surface area (Å²) in [6.45, 7) is 1.76. The third kappa shape index (κ3) is 3.23. The fraction of sp³-hybridized carbons (Fsp3) is 0.0526. The topological polar surface area (TPSA) is 85.8 Å². The molecule has 2 aromatic carbocycles. The van der Waals surface area contributed by atoms with Crippen LogP contribution >= 0.6 is 0 Å². The minimum atomic E-state index is -0.186. The molecule has 1 N–H and O–H groups in total. The largest absolute Gasteiger partial charge is 0.334 e. The normalized spacial score (nSPS) is 10.7. The van der Waals surface area contributed by atoms with Crippen LogP contribution in [-0.2, 0) is 0 Å². The summed E-state index contributed by atoms with van der Waals surface area (Å²) in [5.41, 5.74) is 3.01. The van der Waals surface area contributed by atoms with Crippen molar-refractivity contribution >= 4 is 11.6 Å². The molecule has 7 nitrogen and oxygen atoms in total. The van der Waals surface area contributed by atoms with Gasteiger partial charge in [-0.05, 0) is 55.5 Å². The van der Waals surface area contributed by atoms with Crippen molar-refractivity contribution in [3.63, 3.8) is 0 Å². The molecule has 0 atom stereocenters. The summed E-state index contributed by atoms with van der Waals surface area (Å²) in [6.07, 6.45) is 5.30.